The molecule has 0 saturated heterocycles. The summed E-state index contributed by atoms with van der Waals surface area (Å²) in [7, 11) is 0. The third-order valence-electron chi connectivity index (χ3n) is 4.41. The zero-order chi connectivity index (χ0) is 19.7. The molecule has 138 valence electrons. The predicted octanol–water partition coefficient (Wildman–Crippen LogP) is 5.48. The van der Waals surface area contributed by atoms with E-state index in [1.54, 1.807) is 48.5 Å². The highest BCUT2D eigenvalue weighted by molar-refractivity contribution is 6.30. The van der Waals surface area contributed by atoms with Crippen molar-refractivity contribution in [2.24, 2.45) is 0 Å². The summed E-state index contributed by atoms with van der Waals surface area (Å²) in [4.78, 5) is 24.8. The average molecular weight is 391 g/mol. The van der Waals surface area contributed by atoms with Gasteiger partial charge >= 0.3 is 5.97 Å². The maximum Gasteiger partial charge on any atom is 0.343 e. The molecule has 3 aromatic rings. The Hall–Kier alpha value is -3.37. The summed E-state index contributed by atoms with van der Waals surface area (Å²) in [6.07, 6.45) is 1.72. The molecule has 0 unspecified atom stereocenters. The van der Waals surface area contributed by atoms with Gasteiger partial charge in [0.15, 0.2) is 5.76 Å². The molecule has 1 aliphatic heterocycles. The van der Waals surface area contributed by atoms with Gasteiger partial charge in [-0.1, -0.05) is 35.9 Å². The number of halogens is 1. The van der Waals surface area contributed by atoms with Crippen LogP contribution in [0.2, 0.25) is 5.02 Å². The lowest BCUT2D eigenvalue weighted by atomic mass is 10.1. The largest absolute Gasteiger partial charge is 0.452 e. The number of Topliss-reactive ketones (excluding diaryl/α,β-unsaturated/α-hetero) is 1. The number of aryl methyl sites for hydroxylation is 1. The lowest BCUT2D eigenvalue weighted by Crippen LogP contribution is -2.08. The molecule has 28 heavy (non-hydrogen) atoms. The maximum absolute atomic E-state index is 12.6. The van der Waals surface area contributed by atoms with Gasteiger partial charge in [-0.2, -0.15) is 0 Å². The molecule has 0 bridgehead atoms. The van der Waals surface area contributed by atoms with E-state index in [0.717, 1.165) is 11.1 Å². The second-order valence-electron chi connectivity index (χ2n) is 6.35. The Morgan fingerprint density at radius 2 is 1.79 bits per heavy atom. The molecule has 1 heterocycles. The van der Waals surface area contributed by atoms with Gasteiger partial charge < -0.3 is 9.47 Å². The van der Waals surface area contributed by atoms with E-state index in [-0.39, 0.29) is 11.5 Å². The lowest BCUT2D eigenvalue weighted by Gasteiger charge is -2.06. The zero-order valence-corrected chi connectivity index (χ0v) is 15.7. The van der Waals surface area contributed by atoms with Crippen LogP contribution in [0.5, 0.6) is 11.5 Å². The zero-order valence-electron chi connectivity index (χ0n) is 14.9. The van der Waals surface area contributed by atoms with Gasteiger partial charge in [0.25, 0.3) is 0 Å². The number of hydrogen-bond acceptors (Lipinski definition) is 4. The second kappa shape index (κ2) is 7.33. The Morgan fingerprint density at radius 3 is 2.54 bits per heavy atom. The van der Waals surface area contributed by atoms with Gasteiger partial charge in [-0.3, -0.25) is 4.79 Å². The summed E-state index contributed by atoms with van der Waals surface area (Å²) < 4.78 is 11.1. The van der Waals surface area contributed by atoms with Crippen LogP contribution < -0.4 is 9.47 Å². The Morgan fingerprint density at radius 1 is 1.04 bits per heavy atom. The number of hydrogen-bond donors (Lipinski definition) is 0. The second-order valence-corrected chi connectivity index (χ2v) is 6.79. The normalized spacial score (nSPS) is 13.9. The fraction of sp³-hybridized carbons (Fsp3) is 0.0435. The van der Waals surface area contributed by atoms with Gasteiger partial charge in [0.2, 0.25) is 5.78 Å². The molecule has 0 radical (unpaired) electrons. The first-order valence-corrected chi connectivity index (χ1v) is 9.01. The van der Waals surface area contributed by atoms with E-state index in [0.29, 0.717) is 27.6 Å². The molecule has 5 heteroatoms. The first-order chi connectivity index (χ1) is 13.5. The molecule has 0 N–H and O–H groups in total. The average Bonchev–Trinajstić information content (AvgIpc) is 2.99. The third kappa shape index (κ3) is 3.55. The summed E-state index contributed by atoms with van der Waals surface area (Å²) in [5, 5.41) is 0.536. The van der Waals surface area contributed by atoms with Gasteiger partial charge in [0, 0.05) is 11.1 Å². The monoisotopic (exact) mass is 390 g/mol. The molecular weight excluding hydrogens is 376 g/mol. The van der Waals surface area contributed by atoms with Crippen LogP contribution in [-0.4, -0.2) is 11.8 Å². The van der Waals surface area contributed by atoms with Crippen molar-refractivity contribution in [3.05, 3.63) is 99.8 Å². The standard InChI is InChI=1S/C23H15ClO4/c1-14-4-2-3-5-16(14)12-21-22(25)19-11-10-18(13-20(19)28-21)27-23(26)15-6-8-17(24)9-7-15/h2-13H,1H3. The van der Waals surface area contributed by atoms with Crippen LogP contribution in [0.25, 0.3) is 6.08 Å². The first kappa shape index (κ1) is 18.0. The fourth-order valence-electron chi connectivity index (χ4n) is 2.87. The van der Waals surface area contributed by atoms with Crippen LogP contribution in [0.1, 0.15) is 31.8 Å². The number of carbonyl (C=O) groups excluding carboxylic acids is 2. The molecule has 0 spiro atoms. The van der Waals surface area contributed by atoms with Crippen LogP contribution in [0.4, 0.5) is 0 Å². The van der Waals surface area contributed by atoms with Crippen molar-refractivity contribution in [3.8, 4) is 11.5 Å². The molecule has 4 nitrogen and oxygen atoms in total. The van der Waals surface area contributed by atoms with Crippen molar-refractivity contribution in [3.63, 3.8) is 0 Å². The number of allylic oxidation sites excluding steroid dienone is 1. The number of carbonyl (C=O) groups is 2. The Kier molecular flexibility index (Phi) is 4.72. The van der Waals surface area contributed by atoms with E-state index >= 15 is 0 Å². The summed E-state index contributed by atoms with van der Waals surface area (Å²) in [5.74, 6) is 0.186. The Balaban J connectivity index is 1.56. The van der Waals surface area contributed by atoms with Crippen molar-refractivity contribution in [2.75, 3.05) is 0 Å². The molecule has 1 aliphatic rings. The van der Waals surface area contributed by atoms with Gasteiger partial charge in [-0.05, 0) is 60.5 Å². The Bertz CT molecular complexity index is 1110. The molecule has 0 fully saturated rings. The number of ether oxygens (including phenoxy) is 2. The summed E-state index contributed by atoms with van der Waals surface area (Å²) in [6, 6.07) is 18.8. The highest BCUT2D eigenvalue weighted by Crippen LogP contribution is 2.35. The van der Waals surface area contributed by atoms with Crippen LogP contribution in [0.3, 0.4) is 0 Å². The highest BCUT2D eigenvalue weighted by atomic mass is 35.5. The fourth-order valence-corrected chi connectivity index (χ4v) is 3.00. The van der Waals surface area contributed by atoms with Gasteiger partial charge in [-0.15, -0.1) is 0 Å². The van der Waals surface area contributed by atoms with Crippen LogP contribution in [0, 0.1) is 6.92 Å². The SMILES string of the molecule is Cc1ccccc1C=C1Oc2cc(OC(=O)c3ccc(Cl)cc3)ccc2C1=O. The van der Waals surface area contributed by atoms with Crippen LogP contribution in [0.15, 0.2) is 72.5 Å². The predicted molar refractivity (Wildman–Crippen MR) is 107 cm³/mol. The number of esters is 1. The highest BCUT2D eigenvalue weighted by Gasteiger charge is 2.28. The lowest BCUT2D eigenvalue weighted by molar-refractivity contribution is 0.0734. The number of fused-ring (bicyclic) bond motifs is 1. The van der Waals surface area contributed by atoms with Crippen LogP contribution >= 0.6 is 11.6 Å². The van der Waals surface area contributed by atoms with Gasteiger partial charge in [0.05, 0.1) is 11.1 Å². The van der Waals surface area contributed by atoms with Crippen molar-refractivity contribution >= 4 is 29.4 Å². The molecular formula is C23H15ClO4. The molecule has 4 rings (SSSR count). The van der Waals surface area contributed by atoms with E-state index in [1.165, 1.54) is 0 Å². The maximum atomic E-state index is 12.6. The van der Waals surface area contributed by atoms with E-state index in [9.17, 15) is 9.59 Å². The quantitative estimate of drug-likeness (QED) is 0.337. The van der Waals surface area contributed by atoms with Crippen molar-refractivity contribution in [1.29, 1.82) is 0 Å². The van der Waals surface area contributed by atoms with E-state index in [1.807, 2.05) is 31.2 Å². The van der Waals surface area contributed by atoms with Gasteiger partial charge in [-0.25, -0.2) is 4.79 Å². The molecule has 0 aliphatic carbocycles. The van der Waals surface area contributed by atoms with Crippen molar-refractivity contribution < 1.29 is 19.1 Å². The van der Waals surface area contributed by atoms with Crippen molar-refractivity contribution in [1.82, 2.24) is 0 Å². The minimum absolute atomic E-state index is 0.200. The number of benzene rings is 3. The van der Waals surface area contributed by atoms with Gasteiger partial charge in [0.1, 0.15) is 11.5 Å². The Labute approximate surface area is 167 Å². The van der Waals surface area contributed by atoms with Crippen LogP contribution in [-0.2, 0) is 0 Å². The molecule has 0 saturated carbocycles. The summed E-state index contributed by atoms with van der Waals surface area (Å²) in [6.45, 7) is 1.97. The topological polar surface area (TPSA) is 52.6 Å². The number of ketones is 1. The van der Waals surface area contributed by atoms with E-state index < -0.39 is 5.97 Å². The summed E-state index contributed by atoms with van der Waals surface area (Å²) in [5.41, 5.74) is 2.76. The smallest absolute Gasteiger partial charge is 0.343 e. The molecule has 3 aromatic carbocycles. The molecule has 0 atom stereocenters. The van der Waals surface area contributed by atoms with E-state index in [4.69, 9.17) is 21.1 Å². The molecule has 0 aromatic heterocycles. The number of rotatable bonds is 3. The first-order valence-electron chi connectivity index (χ1n) is 8.63. The summed E-state index contributed by atoms with van der Waals surface area (Å²) >= 11 is 5.83. The minimum atomic E-state index is -0.517. The minimum Gasteiger partial charge on any atom is -0.452 e. The van der Waals surface area contributed by atoms with Crippen molar-refractivity contribution in [2.45, 2.75) is 6.92 Å². The third-order valence-corrected chi connectivity index (χ3v) is 4.66. The van der Waals surface area contributed by atoms with E-state index in [2.05, 4.69) is 0 Å². The molecule has 0 amide bonds.